The number of aromatic nitrogens is 3. The van der Waals surface area contributed by atoms with Crippen molar-refractivity contribution in [1.82, 2.24) is 19.9 Å². The number of ether oxygens (including phenoxy) is 2. The lowest BCUT2D eigenvalue weighted by Crippen LogP contribution is -2.36. The van der Waals surface area contributed by atoms with E-state index in [0.717, 1.165) is 5.69 Å². The number of nitrogens with zero attached hydrogens (tertiary/aromatic N) is 4. The van der Waals surface area contributed by atoms with Crippen LogP contribution >= 0.6 is 0 Å². The Morgan fingerprint density at radius 1 is 1.47 bits per heavy atom. The van der Waals surface area contributed by atoms with Crippen molar-refractivity contribution in [3.63, 3.8) is 0 Å². The summed E-state index contributed by atoms with van der Waals surface area (Å²) < 4.78 is 13.0. The maximum atomic E-state index is 12.1. The minimum absolute atomic E-state index is 0.0262. The first-order valence-electron chi connectivity index (χ1n) is 6.42. The fourth-order valence-electron chi connectivity index (χ4n) is 2.47. The van der Waals surface area contributed by atoms with Crippen molar-refractivity contribution in [2.45, 2.75) is 45.1 Å². The minimum Gasteiger partial charge on any atom is -0.444 e. The van der Waals surface area contributed by atoms with E-state index in [1.165, 1.54) is 0 Å². The number of fused-ring (bicyclic) bond motifs is 3. The molecule has 2 unspecified atom stereocenters. The Morgan fingerprint density at radius 2 is 2.26 bits per heavy atom. The molecular formula is C12H18N4O3. The molecule has 0 radical (unpaired) electrons. The molecule has 0 spiro atoms. The highest BCUT2D eigenvalue weighted by molar-refractivity contribution is 5.68. The summed E-state index contributed by atoms with van der Waals surface area (Å²) in [6.07, 6.45) is 1.38. The van der Waals surface area contributed by atoms with Gasteiger partial charge in [0.15, 0.2) is 0 Å². The van der Waals surface area contributed by atoms with Gasteiger partial charge in [-0.25, -0.2) is 9.48 Å². The summed E-state index contributed by atoms with van der Waals surface area (Å²) in [5.41, 5.74) is 0.469. The molecule has 1 saturated heterocycles. The Bertz CT molecular complexity index is 493. The Kier molecular flexibility index (Phi) is 2.74. The minimum atomic E-state index is -0.482. The van der Waals surface area contributed by atoms with E-state index in [9.17, 15) is 4.79 Å². The van der Waals surface area contributed by atoms with E-state index in [1.807, 2.05) is 25.5 Å². The molecule has 104 valence electrons. The predicted molar refractivity (Wildman–Crippen MR) is 65.4 cm³/mol. The summed E-state index contributed by atoms with van der Waals surface area (Å²) in [7, 11) is 0. The molecule has 0 saturated carbocycles. The Labute approximate surface area is 111 Å². The summed E-state index contributed by atoms with van der Waals surface area (Å²) in [5, 5.41) is 7.97. The zero-order valence-corrected chi connectivity index (χ0v) is 11.4. The van der Waals surface area contributed by atoms with Crippen molar-refractivity contribution in [1.29, 1.82) is 0 Å². The van der Waals surface area contributed by atoms with E-state index in [4.69, 9.17) is 9.47 Å². The largest absolute Gasteiger partial charge is 0.444 e. The smallest absolute Gasteiger partial charge is 0.410 e. The van der Waals surface area contributed by atoms with E-state index in [0.29, 0.717) is 19.7 Å². The molecule has 2 atom stereocenters. The third-order valence-electron chi connectivity index (χ3n) is 3.30. The van der Waals surface area contributed by atoms with Gasteiger partial charge in [0.1, 0.15) is 5.60 Å². The Balaban J connectivity index is 1.72. The zero-order chi connectivity index (χ0) is 13.6. The Morgan fingerprint density at radius 3 is 3.00 bits per heavy atom. The monoisotopic (exact) mass is 266 g/mol. The van der Waals surface area contributed by atoms with Crippen molar-refractivity contribution >= 4 is 6.09 Å². The molecule has 2 aliphatic rings. The second-order valence-electron chi connectivity index (χ2n) is 5.97. The van der Waals surface area contributed by atoms with Gasteiger partial charge in [0.2, 0.25) is 0 Å². The molecule has 7 heteroatoms. The lowest BCUT2D eigenvalue weighted by Gasteiger charge is -2.25. The molecule has 19 heavy (non-hydrogen) atoms. The maximum absolute atomic E-state index is 12.1. The van der Waals surface area contributed by atoms with Crippen LogP contribution in [0, 0.1) is 0 Å². The first kappa shape index (κ1) is 12.4. The normalized spacial score (nSPS) is 25.9. The number of rotatable bonds is 0. The van der Waals surface area contributed by atoms with Crippen LogP contribution in [-0.4, -0.2) is 50.8 Å². The second-order valence-corrected chi connectivity index (χ2v) is 5.97. The molecule has 0 aromatic carbocycles. The molecule has 1 aromatic heterocycles. The highest BCUT2D eigenvalue weighted by Gasteiger charge is 2.42. The van der Waals surface area contributed by atoms with Crippen LogP contribution in [0.3, 0.4) is 0 Å². The van der Waals surface area contributed by atoms with Crippen LogP contribution < -0.4 is 0 Å². The van der Waals surface area contributed by atoms with Gasteiger partial charge >= 0.3 is 6.09 Å². The highest BCUT2D eigenvalue weighted by Crippen LogP contribution is 2.30. The van der Waals surface area contributed by atoms with Crippen molar-refractivity contribution in [2.24, 2.45) is 0 Å². The molecule has 3 rings (SSSR count). The fraction of sp³-hybridized carbons (Fsp3) is 0.750. The number of amides is 1. The Hall–Kier alpha value is -1.63. The number of likely N-dealkylation sites (tertiary alicyclic amines) is 1. The molecule has 0 aliphatic carbocycles. The number of carbonyl (C=O) groups excluding carboxylic acids is 1. The molecule has 2 aliphatic heterocycles. The molecule has 7 nitrogen and oxygen atoms in total. The van der Waals surface area contributed by atoms with Crippen LogP contribution in [-0.2, 0) is 16.1 Å². The van der Waals surface area contributed by atoms with E-state index < -0.39 is 5.60 Å². The standard InChI is InChI=1S/C12H18N4O3/c1-12(2,3)19-11(17)15-5-9-10(6-15)18-7-8-4-13-14-16(8)9/h4,9-10H,5-7H2,1-3H3. The van der Waals surface area contributed by atoms with E-state index >= 15 is 0 Å². The first-order valence-corrected chi connectivity index (χ1v) is 6.42. The third-order valence-corrected chi connectivity index (χ3v) is 3.30. The van der Waals surface area contributed by atoms with Gasteiger partial charge in [-0.3, -0.25) is 0 Å². The predicted octanol–water partition coefficient (Wildman–Crippen LogP) is 0.969. The highest BCUT2D eigenvalue weighted by atomic mass is 16.6. The van der Waals surface area contributed by atoms with Gasteiger partial charge in [-0.2, -0.15) is 0 Å². The summed E-state index contributed by atoms with van der Waals surface area (Å²) >= 11 is 0. The van der Waals surface area contributed by atoms with Gasteiger partial charge in [0.25, 0.3) is 0 Å². The molecule has 1 aromatic rings. The summed E-state index contributed by atoms with van der Waals surface area (Å²) in [4.78, 5) is 13.7. The number of carbonyl (C=O) groups is 1. The lowest BCUT2D eigenvalue weighted by molar-refractivity contribution is -0.00742. The average Bonchev–Trinajstić information content (AvgIpc) is 2.92. The van der Waals surface area contributed by atoms with Crippen molar-refractivity contribution < 1.29 is 14.3 Å². The third kappa shape index (κ3) is 2.30. The van der Waals surface area contributed by atoms with Crippen LogP contribution in [0.25, 0.3) is 0 Å². The fourth-order valence-corrected chi connectivity index (χ4v) is 2.47. The summed E-state index contributed by atoms with van der Waals surface area (Å²) in [5.74, 6) is 0. The zero-order valence-electron chi connectivity index (χ0n) is 11.4. The quantitative estimate of drug-likeness (QED) is 0.699. The molecule has 0 N–H and O–H groups in total. The van der Waals surface area contributed by atoms with E-state index in [-0.39, 0.29) is 18.2 Å². The van der Waals surface area contributed by atoms with Gasteiger partial charge in [0.05, 0.1) is 37.2 Å². The van der Waals surface area contributed by atoms with Gasteiger partial charge in [0, 0.05) is 6.54 Å². The molecule has 0 bridgehead atoms. The van der Waals surface area contributed by atoms with Gasteiger partial charge in [-0.1, -0.05) is 5.21 Å². The summed E-state index contributed by atoms with van der Waals surface area (Å²) in [6, 6.07) is 0.0405. The first-order chi connectivity index (χ1) is 8.94. The van der Waals surface area contributed by atoms with E-state index in [1.54, 1.807) is 11.1 Å². The van der Waals surface area contributed by atoms with Crippen molar-refractivity contribution in [2.75, 3.05) is 13.1 Å². The van der Waals surface area contributed by atoms with Crippen molar-refractivity contribution in [3.8, 4) is 0 Å². The van der Waals surface area contributed by atoms with Crippen LogP contribution in [0.15, 0.2) is 6.20 Å². The van der Waals surface area contributed by atoms with Crippen LogP contribution in [0.1, 0.15) is 32.5 Å². The molecule has 1 amide bonds. The summed E-state index contributed by atoms with van der Waals surface area (Å²) in [6.45, 7) is 7.17. The van der Waals surface area contributed by atoms with Gasteiger partial charge in [-0.05, 0) is 20.8 Å². The average molecular weight is 266 g/mol. The van der Waals surface area contributed by atoms with Crippen LogP contribution in [0.2, 0.25) is 0 Å². The second kappa shape index (κ2) is 4.19. The molecular weight excluding hydrogens is 248 g/mol. The van der Waals surface area contributed by atoms with Crippen molar-refractivity contribution in [3.05, 3.63) is 11.9 Å². The van der Waals surface area contributed by atoms with Crippen LogP contribution in [0.5, 0.6) is 0 Å². The SMILES string of the molecule is CC(C)(C)OC(=O)N1CC2OCc3cnnn3C2C1. The molecule has 3 heterocycles. The number of hydrogen-bond acceptors (Lipinski definition) is 5. The van der Waals surface area contributed by atoms with Crippen LogP contribution in [0.4, 0.5) is 4.79 Å². The van der Waals surface area contributed by atoms with Gasteiger partial charge < -0.3 is 14.4 Å². The van der Waals surface area contributed by atoms with E-state index in [2.05, 4.69) is 10.3 Å². The topological polar surface area (TPSA) is 69.5 Å². The lowest BCUT2D eigenvalue weighted by atomic mass is 10.2. The van der Waals surface area contributed by atoms with Gasteiger partial charge in [-0.15, -0.1) is 5.10 Å². The maximum Gasteiger partial charge on any atom is 0.410 e. The molecule has 1 fully saturated rings. The number of hydrogen-bond donors (Lipinski definition) is 0.